The van der Waals surface area contributed by atoms with E-state index in [1.165, 1.54) is 0 Å². The fourth-order valence-electron chi connectivity index (χ4n) is 7.49. The van der Waals surface area contributed by atoms with Crippen LogP contribution in [0.3, 0.4) is 0 Å². The lowest BCUT2D eigenvalue weighted by Crippen LogP contribution is -2.45. The number of amides is 3. The second-order valence-electron chi connectivity index (χ2n) is 12.9. The topological polar surface area (TPSA) is 111 Å². The molecule has 0 unspecified atom stereocenters. The van der Waals surface area contributed by atoms with Gasteiger partial charge in [0.05, 0.1) is 24.8 Å². The fourth-order valence-corrected chi connectivity index (χ4v) is 10.0. The fraction of sp³-hybridized carbons (Fsp3) is 0.545. The van der Waals surface area contributed by atoms with Crippen LogP contribution in [0.1, 0.15) is 56.6 Å². The van der Waals surface area contributed by atoms with Gasteiger partial charge in [0.25, 0.3) is 5.91 Å². The van der Waals surface area contributed by atoms with Gasteiger partial charge in [-0.2, -0.15) is 0 Å². The summed E-state index contributed by atoms with van der Waals surface area (Å²) in [6.07, 6.45) is 3.71. The van der Waals surface area contributed by atoms with Gasteiger partial charge in [-0.1, -0.05) is 50.1 Å². The maximum atomic E-state index is 14.2. The SMILES string of the molecule is C[C@H]1[C@H]([Si](C)(C)O)[C@@H](CC(=O)N(CCO)Cc2ccccc2)O[C@]12C(=O)N(C)c1ccc(N3CCCCCCC3=O)cc12. The Kier molecular flexibility index (Phi) is 9.13. The number of benzene rings is 2. The van der Waals surface area contributed by atoms with Gasteiger partial charge in [-0.05, 0) is 49.7 Å². The molecule has 0 radical (unpaired) electrons. The maximum absolute atomic E-state index is 14.2. The molecule has 3 heterocycles. The highest BCUT2D eigenvalue weighted by Gasteiger charge is 2.66. The number of aliphatic hydroxyl groups is 1. The van der Waals surface area contributed by atoms with E-state index >= 15 is 0 Å². The molecule has 0 aromatic heterocycles. The summed E-state index contributed by atoms with van der Waals surface area (Å²) in [7, 11) is -1.23. The predicted octanol–water partition coefficient (Wildman–Crippen LogP) is 4.17. The molecule has 0 aliphatic carbocycles. The molecule has 3 aliphatic rings. The zero-order chi connectivity index (χ0) is 30.9. The highest BCUT2D eigenvalue weighted by atomic mass is 28.4. The van der Waals surface area contributed by atoms with Gasteiger partial charge in [-0.3, -0.25) is 14.4 Å². The number of rotatable bonds is 8. The molecular formula is C33H45N3O6Si. The highest BCUT2D eigenvalue weighted by Crippen LogP contribution is 2.59. The van der Waals surface area contributed by atoms with Crippen LogP contribution in [-0.2, 0) is 31.3 Å². The lowest BCUT2D eigenvalue weighted by atomic mass is 9.82. The molecule has 1 spiro atoms. The van der Waals surface area contributed by atoms with Crippen molar-refractivity contribution < 1.29 is 29.0 Å². The van der Waals surface area contributed by atoms with Gasteiger partial charge in [0, 0.05) is 55.8 Å². The van der Waals surface area contributed by atoms with E-state index in [2.05, 4.69) is 0 Å². The van der Waals surface area contributed by atoms with Crippen molar-refractivity contribution in [2.24, 2.45) is 5.92 Å². The second kappa shape index (κ2) is 12.5. The number of nitrogens with zero attached hydrogens (tertiary/aromatic N) is 3. The standard InChI is InChI=1S/C33H45N3O6Si/c1-23-31(43(3,4)41)28(21-30(39)35(18-19-37)22-24-12-8-7-9-13-24)42-33(23)26-20-25(15-16-27(26)34(2)32(33)40)36-17-11-6-5-10-14-29(36)38/h7-9,12-13,15-16,20,23,28,31,37,41H,5-6,10-11,14,17-19,21-22H2,1-4H3/t23-,28+,31-,33+/m0/s1. The van der Waals surface area contributed by atoms with Gasteiger partial charge in [0.1, 0.15) is 0 Å². The number of anilines is 2. The Morgan fingerprint density at radius 1 is 1.09 bits per heavy atom. The van der Waals surface area contributed by atoms with Crippen LogP contribution in [-0.4, -0.2) is 73.7 Å². The zero-order valence-corrected chi connectivity index (χ0v) is 26.8. The quantitative estimate of drug-likeness (QED) is 0.436. The lowest BCUT2D eigenvalue weighted by molar-refractivity contribution is -0.149. The van der Waals surface area contributed by atoms with Crippen molar-refractivity contribution >= 4 is 37.4 Å². The summed E-state index contributed by atoms with van der Waals surface area (Å²) in [4.78, 5) is 57.6. The molecule has 2 N–H and O–H groups in total. The van der Waals surface area contributed by atoms with E-state index in [4.69, 9.17) is 4.74 Å². The van der Waals surface area contributed by atoms with E-state index < -0.39 is 31.5 Å². The molecule has 232 valence electrons. The molecule has 4 atom stereocenters. The van der Waals surface area contributed by atoms with Crippen LogP contribution in [0.4, 0.5) is 11.4 Å². The van der Waals surface area contributed by atoms with Gasteiger partial charge in [-0.25, -0.2) is 0 Å². The van der Waals surface area contributed by atoms with Crippen molar-refractivity contribution in [3.8, 4) is 0 Å². The average molecular weight is 608 g/mol. The molecule has 2 fully saturated rings. The summed E-state index contributed by atoms with van der Waals surface area (Å²) in [6, 6.07) is 15.3. The molecule has 2 aromatic rings. The Labute approximate surface area is 255 Å². The zero-order valence-electron chi connectivity index (χ0n) is 25.8. The van der Waals surface area contributed by atoms with Crippen LogP contribution in [0.15, 0.2) is 48.5 Å². The first-order valence-electron chi connectivity index (χ1n) is 15.5. The number of ether oxygens (including phenoxy) is 1. The number of carbonyl (C=O) groups is 3. The number of aliphatic hydroxyl groups excluding tert-OH is 1. The Bertz CT molecular complexity index is 1350. The van der Waals surface area contributed by atoms with E-state index in [-0.39, 0.29) is 37.3 Å². The summed E-state index contributed by atoms with van der Waals surface area (Å²) in [5.74, 6) is -0.749. The molecule has 3 amide bonds. The molecule has 9 nitrogen and oxygen atoms in total. The van der Waals surface area contributed by atoms with Crippen molar-refractivity contribution in [3.63, 3.8) is 0 Å². The number of fused-ring (bicyclic) bond motifs is 2. The third kappa shape index (κ3) is 5.90. The monoisotopic (exact) mass is 607 g/mol. The third-order valence-corrected chi connectivity index (χ3v) is 12.1. The Morgan fingerprint density at radius 2 is 1.81 bits per heavy atom. The van der Waals surface area contributed by atoms with Crippen molar-refractivity contribution in [1.29, 1.82) is 0 Å². The van der Waals surface area contributed by atoms with Crippen molar-refractivity contribution in [2.45, 2.75) is 82.3 Å². The first-order chi connectivity index (χ1) is 20.5. The van der Waals surface area contributed by atoms with E-state index in [1.807, 2.05) is 73.4 Å². The number of carbonyl (C=O) groups excluding carboxylic acids is 3. The van der Waals surface area contributed by atoms with Gasteiger partial charge >= 0.3 is 0 Å². The normalized spacial score (nSPS) is 26.0. The average Bonchev–Trinajstić information content (AvgIpc) is 3.37. The second-order valence-corrected chi connectivity index (χ2v) is 16.8. The number of hydrogen-bond donors (Lipinski definition) is 2. The van der Waals surface area contributed by atoms with Crippen LogP contribution < -0.4 is 9.80 Å². The van der Waals surface area contributed by atoms with Gasteiger partial charge in [0.15, 0.2) is 13.9 Å². The highest BCUT2D eigenvalue weighted by molar-refractivity contribution is 6.71. The Balaban J connectivity index is 1.50. The number of likely N-dealkylation sites (N-methyl/N-ethyl adjacent to an activating group) is 1. The van der Waals surface area contributed by atoms with Gasteiger partial charge in [-0.15, -0.1) is 0 Å². The first kappa shape index (κ1) is 31.4. The lowest BCUT2D eigenvalue weighted by Gasteiger charge is -2.33. The summed E-state index contributed by atoms with van der Waals surface area (Å²) in [5.41, 5.74) is 1.32. The molecule has 0 saturated carbocycles. The first-order valence-corrected chi connectivity index (χ1v) is 18.6. The van der Waals surface area contributed by atoms with Crippen LogP contribution in [0.25, 0.3) is 0 Å². The molecule has 5 rings (SSSR count). The third-order valence-electron chi connectivity index (χ3n) is 9.55. The van der Waals surface area contributed by atoms with Crippen LogP contribution in [0.5, 0.6) is 0 Å². The Hall–Kier alpha value is -3.05. The predicted molar refractivity (Wildman–Crippen MR) is 168 cm³/mol. The van der Waals surface area contributed by atoms with E-state index in [9.17, 15) is 24.3 Å². The minimum absolute atomic E-state index is 0.0167. The molecule has 10 heteroatoms. The Morgan fingerprint density at radius 3 is 2.51 bits per heavy atom. The van der Waals surface area contributed by atoms with E-state index in [0.717, 1.165) is 36.9 Å². The van der Waals surface area contributed by atoms with Crippen molar-refractivity contribution in [3.05, 3.63) is 59.7 Å². The molecular weight excluding hydrogens is 562 g/mol. The molecule has 43 heavy (non-hydrogen) atoms. The van der Waals surface area contributed by atoms with E-state index in [1.54, 1.807) is 16.8 Å². The van der Waals surface area contributed by atoms with Crippen molar-refractivity contribution in [1.82, 2.24) is 4.90 Å². The smallest absolute Gasteiger partial charge is 0.264 e. The molecule has 0 bridgehead atoms. The summed E-state index contributed by atoms with van der Waals surface area (Å²) >= 11 is 0. The van der Waals surface area contributed by atoms with Crippen LogP contribution in [0.2, 0.25) is 18.6 Å². The number of hydrogen-bond acceptors (Lipinski definition) is 6. The minimum atomic E-state index is -2.96. The van der Waals surface area contributed by atoms with Crippen LogP contribution in [0, 0.1) is 5.92 Å². The summed E-state index contributed by atoms with van der Waals surface area (Å²) in [6.45, 7) is 6.58. The molecule has 2 saturated heterocycles. The van der Waals surface area contributed by atoms with E-state index in [0.29, 0.717) is 30.8 Å². The van der Waals surface area contributed by atoms with Gasteiger partial charge < -0.3 is 29.3 Å². The molecule has 3 aliphatic heterocycles. The van der Waals surface area contributed by atoms with Crippen molar-refractivity contribution in [2.75, 3.05) is 36.5 Å². The molecule has 2 aromatic carbocycles. The summed E-state index contributed by atoms with van der Waals surface area (Å²) in [5, 5.41) is 9.74. The van der Waals surface area contributed by atoms with Crippen LogP contribution >= 0.6 is 0 Å². The largest absolute Gasteiger partial charge is 0.432 e. The van der Waals surface area contributed by atoms with Gasteiger partial charge in [0.2, 0.25) is 11.8 Å². The summed E-state index contributed by atoms with van der Waals surface area (Å²) < 4.78 is 6.80. The maximum Gasteiger partial charge on any atom is 0.264 e. The minimum Gasteiger partial charge on any atom is -0.432 e.